The standard InChI is InChI=1S/C16H19NO3S/c1-16(2,3)12-7-9-13(10-8-12)17-21(19,20)15-6-4-5-14(18)11-15/h4-11,17-18H,1-3H3. The fraction of sp³-hybridized carbons (Fsp3) is 0.250. The maximum Gasteiger partial charge on any atom is 0.262 e. The van der Waals surface area contributed by atoms with Crippen LogP contribution in [0.1, 0.15) is 26.3 Å². The van der Waals surface area contributed by atoms with Crippen LogP contribution in [0.5, 0.6) is 5.75 Å². The maximum atomic E-state index is 12.2. The smallest absolute Gasteiger partial charge is 0.262 e. The van der Waals surface area contributed by atoms with Crippen LogP contribution in [0.25, 0.3) is 0 Å². The summed E-state index contributed by atoms with van der Waals surface area (Å²) in [6, 6.07) is 12.9. The predicted octanol–water partition coefficient (Wildman–Crippen LogP) is 3.49. The molecule has 0 spiro atoms. The topological polar surface area (TPSA) is 66.4 Å². The Morgan fingerprint density at radius 1 is 1.00 bits per heavy atom. The molecule has 0 aromatic heterocycles. The molecule has 0 fully saturated rings. The lowest BCUT2D eigenvalue weighted by atomic mass is 9.87. The molecule has 0 saturated heterocycles. The zero-order valence-corrected chi connectivity index (χ0v) is 13.1. The number of aromatic hydroxyl groups is 1. The van der Waals surface area contributed by atoms with Crippen LogP contribution in [-0.4, -0.2) is 13.5 Å². The Morgan fingerprint density at radius 2 is 1.62 bits per heavy atom. The summed E-state index contributed by atoms with van der Waals surface area (Å²) in [6.07, 6.45) is 0. The van der Waals surface area contributed by atoms with E-state index in [1.807, 2.05) is 12.1 Å². The second-order valence-electron chi connectivity index (χ2n) is 5.93. The molecule has 0 bridgehead atoms. The molecule has 0 radical (unpaired) electrons. The highest BCUT2D eigenvalue weighted by Crippen LogP contribution is 2.25. The van der Waals surface area contributed by atoms with E-state index >= 15 is 0 Å². The third-order valence-corrected chi connectivity index (χ3v) is 4.51. The van der Waals surface area contributed by atoms with Crippen molar-refractivity contribution >= 4 is 15.7 Å². The van der Waals surface area contributed by atoms with Crippen LogP contribution >= 0.6 is 0 Å². The highest BCUT2D eigenvalue weighted by Gasteiger charge is 2.16. The lowest BCUT2D eigenvalue weighted by Crippen LogP contribution is -2.14. The van der Waals surface area contributed by atoms with Crippen molar-refractivity contribution in [2.75, 3.05) is 4.72 Å². The molecule has 0 aliphatic heterocycles. The molecule has 21 heavy (non-hydrogen) atoms. The number of sulfonamides is 1. The van der Waals surface area contributed by atoms with Crippen molar-refractivity contribution < 1.29 is 13.5 Å². The summed E-state index contributed by atoms with van der Waals surface area (Å²) in [5.41, 5.74) is 1.64. The van der Waals surface area contributed by atoms with Gasteiger partial charge in [0.2, 0.25) is 0 Å². The number of phenolic OH excluding ortho intramolecular Hbond substituents is 1. The largest absolute Gasteiger partial charge is 0.508 e. The van der Waals surface area contributed by atoms with E-state index in [1.165, 1.54) is 24.3 Å². The van der Waals surface area contributed by atoms with E-state index in [1.54, 1.807) is 12.1 Å². The molecule has 5 heteroatoms. The fourth-order valence-corrected chi connectivity index (χ4v) is 3.00. The van der Waals surface area contributed by atoms with Crippen LogP contribution in [-0.2, 0) is 15.4 Å². The number of anilines is 1. The first-order valence-electron chi connectivity index (χ1n) is 6.61. The van der Waals surface area contributed by atoms with Gasteiger partial charge in [0, 0.05) is 11.8 Å². The summed E-state index contributed by atoms with van der Waals surface area (Å²) in [4.78, 5) is 0.0300. The van der Waals surface area contributed by atoms with Crippen molar-refractivity contribution in [1.29, 1.82) is 0 Å². The highest BCUT2D eigenvalue weighted by molar-refractivity contribution is 7.92. The molecule has 2 aromatic carbocycles. The monoisotopic (exact) mass is 305 g/mol. The van der Waals surface area contributed by atoms with E-state index in [4.69, 9.17) is 0 Å². The van der Waals surface area contributed by atoms with Gasteiger partial charge in [-0.05, 0) is 35.2 Å². The Labute approximate surface area is 125 Å². The minimum absolute atomic E-state index is 0.0165. The van der Waals surface area contributed by atoms with E-state index < -0.39 is 10.0 Å². The third kappa shape index (κ3) is 3.76. The molecule has 112 valence electrons. The van der Waals surface area contributed by atoms with Crippen molar-refractivity contribution in [1.82, 2.24) is 0 Å². The predicted molar refractivity (Wildman–Crippen MR) is 84.1 cm³/mol. The molecule has 2 aromatic rings. The van der Waals surface area contributed by atoms with E-state index in [0.29, 0.717) is 5.69 Å². The van der Waals surface area contributed by atoms with E-state index in [0.717, 1.165) is 5.56 Å². The minimum atomic E-state index is -3.69. The van der Waals surface area contributed by atoms with Crippen molar-refractivity contribution in [3.05, 3.63) is 54.1 Å². The van der Waals surface area contributed by atoms with E-state index in [9.17, 15) is 13.5 Å². The average Bonchev–Trinajstić information content (AvgIpc) is 2.38. The molecule has 0 heterocycles. The van der Waals surface area contributed by atoms with Gasteiger partial charge in [0.1, 0.15) is 5.75 Å². The van der Waals surface area contributed by atoms with Crippen LogP contribution in [0.4, 0.5) is 5.69 Å². The molecule has 4 nitrogen and oxygen atoms in total. The zero-order chi connectivity index (χ0) is 15.7. The average molecular weight is 305 g/mol. The van der Waals surface area contributed by atoms with Crippen molar-refractivity contribution in [3.8, 4) is 5.75 Å². The molecule has 0 unspecified atom stereocenters. The first-order chi connectivity index (χ1) is 9.68. The first kappa shape index (κ1) is 15.4. The van der Waals surface area contributed by atoms with E-state index in [2.05, 4.69) is 25.5 Å². The van der Waals surface area contributed by atoms with Gasteiger partial charge in [-0.3, -0.25) is 4.72 Å². The molecular weight excluding hydrogens is 286 g/mol. The lowest BCUT2D eigenvalue weighted by molar-refractivity contribution is 0.473. The van der Waals surface area contributed by atoms with Gasteiger partial charge in [-0.2, -0.15) is 0 Å². The van der Waals surface area contributed by atoms with Crippen molar-refractivity contribution in [2.45, 2.75) is 31.1 Å². The number of hydrogen-bond donors (Lipinski definition) is 2. The SMILES string of the molecule is CC(C)(C)c1ccc(NS(=O)(=O)c2cccc(O)c2)cc1. The molecule has 0 aliphatic carbocycles. The molecule has 0 amide bonds. The van der Waals surface area contributed by atoms with Crippen LogP contribution in [0, 0.1) is 0 Å². The molecule has 0 aliphatic rings. The first-order valence-corrected chi connectivity index (χ1v) is 8.09. The summed E-state index contributed by atoms with van der Waals surface area (Å²) >= 11 is 0. The number of nitrogens with one attached hydrogen (secondary N) is 1. The second kappa shape index (κ2) is 5.41. The second-order valence-corrected chi connectivity index (χ2v) is 7.61. The van der Waals surface area contributed by atoms with Gasteiger partial charge in [0.05, 0.1) is 4.90 Å². The van der Waals surface area contributed by atoms with Gasteiger partial charge in [-0.15, -0.1) is 0 Å². The number of hydrogen-bond acceptors (Lipinski definition) is 3. The van der Waals surface area contributed by atoms with Crippen LogP contribution < -0.4 is 4.72 Å². The van der Waals surface area contributed by atoms with Crippen LogP contribution in [0.3, 0.4) is 0 Å². The lowest BCUT2D eigenvalue weighted by Gasteiger charge is -2.19. The summed E-state index contributed by atoms with van der Waals surface area (Å²) in [6.45, 7) is 6.29. The van der Waals surface area contributed by atoms with Crippen LogP contribution in [0.2, 0.25) is 0 Å². The van der Waals surface area contributed by atoms with Crippen molar-refractivity contribution in [3.63, 3.8) is 0 Å². The molecule has 2 rings (SSSR count). The summed E-state index contributed by atoms with van der Waals surface area (Å²) in [5, 5.41) is 9.38. The van der Waals surface area contributed by atoms with Gasteiger partial charge < -0.3 is 5.11 Å². The van der Waals surface area contributed by atoms with Gasteiger partial charge >= 0.3 is 0 Å². The minimum Gasteiger partial charge on any atom is -0.508 e. The Balaban J connectivity index is 2.25. The number of rotatable bonds is 3. The summed E-state index contributed by atoms with van der Waals surface area (Å²) < 4.78 is 26.9. The zero-order valence-electron chi connectivity index (χ0n) is 12.3. The van der Waals surface area contributed by atoms with E-state index in [-0.39, 0.29) is 16.1 Å². The van der Waals surface area contributed by atoms with Crippen molar-refractivity contribution in [2.24, 2.45) is 0 Å². The number of benzene rings is 2. The Kier molecular flexibility index (Phi) is 3.96. The van der Waals surface area contributed by atoms with Gasteiger partial charge in [-0.25, -0.2) is 8.42 Å². The van der Waals surface area contributed by atoms with Gasteiger partial charge in [0.15, 0.2) is 0 Å². The molecule has 0 atom stereocenters. The summed E-state index contributed by atoms with van der Waals surface area (Å²) in [5.74, 6) is -0.0824. The fourth-order valence-electron chi connectivity index (χ4n) is 1.90. The Hall–Kier alpha value is -2.01. The molecular formula is C16H19NO3S. The van der Waals surface area contributed by atoms with Gasteiger partial charge in [0.25, 0.3) is 10.0 Å². The summed E-state index contributed by atoms with van der Waals surface area (Å²) in [7, 11) is -3.69. The molecule has 2 N–H and O–H groups in total. The molecule has 0 saturated carbocycles. The Morgan fingerprint density at radius 3 is 2.14 bits per heavy atom. The highest BCUT2D eigenvalue weighted by atomic mass is 32.2. The Bertz CT molecular complexity index is 729. The maximum absolute atomic E-state index is 12.2. The quantitative estimate of drug-likeness (QED) is 0.912. The normalized spacial score (nSPS) is 12.1. The third-order valence-electron chi connectivity index (χ3n) is 3.13. The van der Waals surface area contributed by atoms with Gasteiger partial charge in [-0.1, -0.05) is 39.0 Å². The number of phenols is 1. The van der Waals surface area contributed by atoms with Crippen LogP contribution in [0.15, 0.2) is 53.4 Å².